The number of likely N-dealkylation sites (tertiary alicyclic amines) is 1. The molecular formula is C13H23N3O2. The lowest BCUT2D eigenvalue weighted by molar-refractivity contribution is -0.132. The average molecular weight is 253 g/mol. The van der Waals surface area contributed by atoms with Crippen LogP contribution in [0.3, 0.4) is 0 Å². The molecule has 1 saturated heterocycles. The molecule has 1 aliphatic carbocycles. The summed E-state index contributed by atoms with van der Waals surface area (Å²) in [5.41, 5.74) is 5.40. The molecule has 0 aromatic carbocycles. The number of carbonyl (C=O) groups excluding carboxylic acids is 2. The van der Waals surface area contributed by atoms with Gasteiger partial charge in [0.2, 0.25) is 11.8 Å². The molecule has 0 spiro atoms. The van der Waals surface area contributed by atoms with Crippen molar-refractivity contribution >= 4 is 11.8 Å². The van der Waals surface area contributed by atoms with Crippen LogP contribution in [0.4, 0.5) is 0 Å². The highest BCUT2D eigenvalue weighted by molar-refractivity contribution is 5.81. The first-order valence-corrected chi connectivity index (χ1v) is 6.99. The largest absolute Gasteiger partial charge is 0.353 e. The molecule has 1 aliphatic heterocycles. The molecule has 0 radical (unpaired) electrons. The third-order valence-electron chi connectivity index (χ3n) is 3.74. The summed E-state index contributed by atoms with van der Waals surface area (Å²) in [6.07, 6.45) is 5.16. The Hall–Kier alpha value is -1.10. The van der Waals surface area contributed by atoms with Gasteiger partial charge < -0.3 is 16.0 Å². The maximum Gasteiger partial charge on any atom is 0.223 e. The molecule has 3 N–H and O–H groups in total. The first-order valence-electron chi connectivity index (χ1n) is 6.99. The molecule has 2 rings (SSSR count). The van der Waals surface area contributed by atoms with Gasteiger partial charge in [-0.2, -0.15) is 0 Å². The molecule has 0 aromatic rings. The van der Waals surface area contributed by atoms with Crippen LogP contribution in [0.5, 0.6) is 0 Å². The SMILES string of the molecule is NCCCC(=O)N1CCC(NC(=O)C2CC2)CC1. The van der Waals surface area contributed by atoms with Crippen molar-refractivity contribution in [1.82, 2.24) is 10.2 Å². The van der Waals surface area contributed by atoms with Crippen LogP contribution in [-0.4, -0.2) is 42.4 Å². The quantitative estimate of drug-likeness (QED) is 0.737. The van der Waals surface area contributed by atoms with Crippen molar-refractivity contribution in [3.05, 3.63) is 0 Å². The van der Waals surface area contributed by atoms with E-state index in [1.807, 2.05) is 4.90 Å². The molecule has 18 heavy (non-hydrogen) atoms. The molecule has 2 fully saturated rings. The summed E-state index contributed by atoms with van der Waals surface area (Å²) >= 11 is 0. The van der Waals surface area contributed by atoms with Crippen LogP contribution >= 0.6 is 0 Å². The van der Waals surface area contributed by atoms with Crippen LogP contribution in [0.25, 0.3) is 0 Å². The number of rotatable bonds is 5. The van der Waals surface area contributed by atoms with E-state index in [-0.39, 0.29) is 23.8 Å². The van der Waals surface area contributed by atoms with E-state index >= 15 is 0 Å². The van der Waals surface area contributed by atoms with E-state index in [9.17, 15) is 9.59 Å². The Labute approximate surface area is 108 Å². The molecule has 0 atom stereocenters. The monoisotopic (exact) mass is 253 g/mol. The van der Waals surface area contributed by atoms with Crippen molar-refractivity contribution < 1.29 is 9.59 Å². The second kappa shape index (κ2) is 6.18. The van der Waals surface area contributed by atoms with Crippen LogP contribution in [0.1, 0.15) is 38.5 Å². The zero-order chi connectivity index (χ0) is 13.0. The van der Waals surface area contributed by atoms with Crippen LogP contribution in [0, 0.1) is 5.92 Å². The highest BCUT2D eigenvalue weighted by Gasteiger charge is 2.32. The molecule has 5 heteroatoms. The van der Waals surface area contributed by atoms with Gasteiger partial charge in [-0.05, 0) is 38.6 Å². The van der Waals surface area contributed by atoms with Gasteiger partial charge in [0.25, 0.3) is 0 Å². The first kappa shape index (κ1) is 13.3. The van der Waals surface area contributed by atoms with E-state index in [0.29, 0.717) is 13.0 Å². The lowest BCUT2D eigenvalue weighted by atomic mass is 10.0. The minimum absolute atomic E-state index is 0.201. The number of hydrogen-bond donors (Lipinski definition) is 2. The van der Waals surface area contributed by atoms with Crippen molar-refractivity contribution in [3.8, 4) is 0 Å². The fourth-order valence-corrected chi connectivity index (χ4v) is 2.35. The summed E-state index contributed by atoms with van der Waals surface area (Å²) in [4.78, 5) is 25.3. The Balaban J connectivity index is 1.67. The molecule has 1 saturated carbocycles. The predicted molar refractivity (Wildman–Crippen MR) is 68.8 cm³/mol. The second-order valence-corrected chi connectivity index (χ2v) is 5.33. The summed E-state index contributed by atoms with van der Waals surface area (Å²) in [6, 6.07) is 0.261. The van der Waals surface area contributed by atoms with Crippen LogP contribution < -0.4 is 11.1 Å². The van der Waals surface area contributed by atoms with Crippen molar-refractivity contribution in [2.75, 3.05) is 19.6 Å². The number of nitrogens with one attached hydrogen (secondary N) is 1. The lowest BCUT2D eigenvalue weighted by Crippen LogP contribution is -2.46. The molecule has 2 aliphatic rings. The smallest absolute Gasteiger partial charge is 0.223 e. The van der Waals surface area contributed by atoms with E-state index in [2.05, 4.69) is 5.32 Å². The molecule has 1 heterocycles. The van der Waals surface area contributed by atoms with Crippen molar-refractivity contribution in [1.29, 1.82) is 0 Å². The number of amides is 2. The van der Waals surface area contributed by atoms with E-state index < -0.39 is 0 Å². The van der Waals surface area contributed by atoms with Crippen LogP contribution in [0.15, 0.2) is 0 Å². The Morgan fingerprint density at radius 3 is 2.39 bits per heavy atom. The fraction of sp³-hybridized carbons (Fsp3) is 0.846. The van der Waals surface area contributed by atoms with Gasteiger partial charge in [0.1, 0.15) is 0 Å². The van der Waals surface area contributed by atoms with Crippen LogP contribution in [-0.2, 0) is 9.59 Å². The molecular weight excluding hydrogens is 230 g/mol. The normalized spacial score (nSPS) is 20.8. The minimum atomic E-state index is 0.201. The van der Waals surface area contributed by atoms with Gasteiger partial charge >= 0.3 is 0 Å². The Bertz CT molecular complexity index is 307. The summed E-state index contributed by atoms with van der Waals surface area (Å²) in [5.74, 6) is 0.685. The summed E-state index contributed by atoms with van der Waals surface area (Å²) in [5, 5.41) is 3.09. The van der Waals surface area contributed by atoms with Crippen molar-refractivity contribution in [2.24, 2.45) is 11.7 Å². The van der Waals surface area contributed by atoms with Gasteiger partial charge in [-0.15, -0.1) is 0 Å². The highest BCUT2D eigenvalue weighted by Crippen LogP contribution is 2.29. The third kappa shape index (κ3) is 3.70. The van der Waals surface area contributed by atoms with Crippen molar-refractivity contribution in [2.45, 2.75) is 44.6 Å². The van der Waals surface area contributed by atoms with E-state index in [4.69, 9.17) is 5.73 Å². The summed E-state index contributed by atoms with van der Waals surface area (Å²) in [6.45, 7) is 2.09. The Morgan fingerprint density at radius 2 is 1.83 bits per heavy atom. The van der Waals surface area contributed by atoms with Gasteiger partial charge in [-0.25, -0.2) is 0 Å². The first-order chi connectivity index (χ1) is 8.70. The number of carbonyl (C=O) groups is 2. The molecule has 2 amide bonds. The summed E-state index contributed by atoms with van der Waals surface area (Å²) < 4.78 is 0. The number of hydrogen-bond acceptors (Lipinski definition) is 3. The summed E-state index contributed by atoms with van der Waals surface area (Å²) in [7, 11) is 0. The molecule has 102 valence electrons. The predicted octanol–water partition coefficient (Wildman–Crippen LogP) is 0.243. The van der Waals surface area contributed by atoms with Gasteiger partial charge in [0.15, 0.2) is 0 Å². The topological polar surface area (TPSA) is 75.4 Å². The second-order valence-electron chi connectivity index (χ2n) is 5.33. The fourth-order valence-electron chi connectivity index (χ4n) is 2.35. The third-order valence-corrected chi connectivity index (χ3v) is 3.74. The molecule has 0 aromatic heterocycles. The standard InChI is InChI=1S/C13H23N3O2/c14-7-1-2-12(17)16-8-5-11(6-9-16)15-13(18)10-3-4-10/h10-11H,1-9,14H2,(H,15,18). The van der Waals surface area contributed by atoms with Gasteiger partial charge in [0, 0.05) is 31.5 Å². The molecule has 0 unspecified atom stereocenters. The Morgan fingerprint density at radius 1 is 1.17 bits per heavy atom. The van der Waals surface area contributed by atoms with Gasteiger partial charge in [0.05, 0.1) is 0 Å². The molecule has 5 nitrogen and oxygen atoms in total. The zero-order valence-electron chi connectivity index (χ0n) is 10.9. The van der Waals surface area contributed by atoms with Gasteiger partial charge in [-0.1, -0.05) is 0 Å². The average Bonchev–Trinajstić information content (AvgIpc) is 3.21. The maximum atomic E-state index is 11.8. The Kier molecular flexibility index (Phi) is 4.58. The lowest BCUT2D eigenvalue weighted by Gasteiger charge is -2.32. The number of nitrogens with zero attached hydrogens (tertiary/aromatic N) is 1. The van der Waals surface area contributed by atoms with E-state index in [1.54, 1.807) is 0 Å². The van der Waals surface area contributed by atoms with E-state index in [1.165, 1.54) is 0 Å². The maximum absolute atomic E-state index is 11.8. The zero-order valence-corrected chi connectivity index (χ0v) is 10.9. The van der Waals surface area contributed by atoms with E-state index in [0.717, 1.165) is 45.2 Å². The van der Waals surface area contributed by atoms with Crippen LogP contribution in [0.2, 0.25) is 0 Å². The number of nitrogens with two attached hydrogens (primary N) is 1. The number of piperidine rings is 1. The van der Waals surface area contributed by atoms with Crippen molar-refractivity contribution in [3.63, 3.8) is 0 Å². The highest BCUT2D eigenvalue weighted by atomic mass is 16.2. The van der Waals surface area contributed by atoms with Gasteiger partial charge in [-0.3, -0.25) is 9.59 Å². The minimum Gasteiger partial charge on any atom is -0.353 e. The molecule has 0 bridgehead atoms.